The highest BCUT2D eigenvalue weighted by molar-refractivity contribution is 6.07. The second kappa shape index (κ2) is 4.53. The SMILES string of the molecule is N=C1N(c2ccccc2)CCN1c1ccccc1. The third-order valence-electron chi connectivity index (χ3n) is 3.19. The molecule has 3 rings (SSSR count). The maximum absolute atomic E-state index is 8.29. The molecule has 18 heavy (non-hydrogen) atoms. The molecule has 1 heterocycles. The molecule has 1 aliphatic heterocycles. The van der Waals surface area contributed by atoms with E-state index in [-0.39, 0.29) is 0 Å². The molecule has 0 radical (unpaired) electrons. The van der Waals surface area contributed by atoms with Crippen LogP contribution in [0.25, 0.3) is 0 Å². The van der Waals surface area contributed by atoms with Crippen molar-refractivity contribution >= 4 is 17.3 Å². The minimum Gasteiger partial charge on any atom is -0.311 e. The Morgan fingerprint density at radius 3 is 1.44 bits per heavy atom. The molecule has 3 nitrogen and oxygen atoms in total. The predicted molar refractivity (Wildman–Crippen MR) is 75.3 cm³/mol. The molecule has 0 aromatic heterocycles. The van der Waals surface area contributed by atoms with E-state index in [0.717, 1.165) is 24.5 Å². The number of para-hydroxylation sites is 2. The Hall–Kier alpha value is -2.29. The van der Waals surface area contributed by atoms with E-state index in [9.17, 15) is 0 Å². The fourth-order valence-corrected chi connectivity index (χ4v) is 2.28. The van der Waals surface area contributed by atoms with Crippen molar-refractivity contribution in [1.29, 1.82) is 5.41 Å². The lowest BCUT2D eigenvalue weighted by atomic mass is 10.3. The molecule has 2 aromatic carbocycles. The topological polar surface area (TPSA) is 30.3 Å². The van der Waals surface area contributed by atoms with Crippen molar-refractivity contribution in [2.45, 2.75) is 0 Å². The molecule has 1 saturated heterocycles. The molecule has 90 valence electrons. The van der Waals surface area contributed by atoms with Gasteiger partial charge in [-0.25, -0.2) is 0 Å². The van der Waals surface area contributed by atoms with Gasteiger partial charge in [-0.15, -0.1) is 0 Å². The van der Waals surface area contributed by atoms with Gasteiger partial charge in [-0.2, -0.15) is 0 Å². The smallest absolute Gasteiger partial charge is 0.202 e. The summed E-state index contributed by atoms with van der Waals surface area (Å²) in [6.07, 6.45) is 0. The molecule has 0 unspecified atom stereocenters. The summed E-state index contributed by atoms with van der Waals surface area (Å²) in [5.74, 6) is 0.549. The van der Waals surface area contributed by atoms with Gasteiger partial charge in [-0.1, -0.05) is 36.4 Å². The normalized spacial score (nSPS) is 15.2. The van der Waals surface area contributed by atoms with Gasteiger partial charge in [0.1, 0.15) is 0 Å². The highest BCUT2D eigenvalue weighted by Crippen LogP contribution is 2.23. The fourth-order valence-electron chi connectivity index (χ4n) is 2.28. The summed E-state index contributed by atoms with van der Waals surface area (Å²) in [7, 11) is 0. The quantitative estimate of drug-likeness (QED) is 0.870. The molecular weight excluding hydrogens is 222 g/mol. The molecule has 3 heteroatoms. The van der Waals surface area contributed by atoms with Crippen molar-refractivity contribution in [2.24, 2.45) is 0 Å². The van der Waals surface area contributed by atoms with Gasteiger partial charge < -0.3 is 9.80 Å². The maximum Gasteiger partial charge on any atom is 0.202 e. The van der Waals surface area contributed by atoms with Crippen molar-refractivity contribution < 1.29 is 0 Å². The molecule has 1 N–H and O–H groups in total. The van der Waals surface area contributed by atoms with E-state index in [2.05, 4.69) is 0 Å². The molecule has 1 aliphatic rings. The van der Waals surface area contributed by atoms with Crippen LogP contribution >= 0.6 is 0 Å². The first-order valence-corrected chi connectivity index (χ1v) is 6.10. The first-order valence-electron chi connectivity index (χ1n) is 6.10. The first kappa shape index (κ1) is 10.8. The highest BCUT2D eigenvalue weighted by Gasteiger charge is 2.26. The van der Waals surface area contributed by atoms with Crippen LogP contribution in [-0.2, 0) is 0 Å². The van der Waals surface area contributed by atoms with Gasteiger partial charge in [0.15, 0.2) is 0 Å². The van der Waals surface area contributed by atoms with Crippen molar-refractivity contribution in [1.82, 2.24) is 0 Å². The summed E-state index contributed by atoms with van der Waals surface area (Å²) in [5.41, 5.74) is 2.17. The monoisotopic (exact) mass is 237 g/mol. The van der Waals surface area contributed by atoms with Gasteiger partial charge in [-0.05, 0) is 24.3 Å². The van der Waals surface area contributed by atoms with Crippen molar-refractivity contribution in [3.63, 3.8) is 0 Å². The first-order chi connectivity index (χ1) is 8.86. The zero-order chi connectivity index (χ0) is 12.4. The molecule has 2 aromatic rings. The summed E-state index contributed by atoms with van der Waals surface area (Å²) in [6, 6.07) is 20.2. The fraction of sp³-hybridized carbons (Fsp3) is 0.133. The van der Waals surface area contributed by atoms with E-state index in [1.807, 2.05) is 70.5 Å². The predicted octanol–water partition coefficient (Wildman–Crippen LogP) is 2.95. The van der Waals surface area contributed by atoms with Crippen LogP contribution in [0, 0.1) is 5.41 Å². The van der Waals surface area contributed by atoms with Crippen LogP contribution in [0.3, 0.4) is 0 Å². The lowest BCUT2D eigenvalue weighted by molar-refractivity contribution is 1.02. The number of anilines is 2. The number of hydrogen-bond acceptors (Lipinski definition) is 1. The largest absolute Gasteiger partial charge is 0.311 e. The third-order valence-corrected chi connectivity index (χ3v) is 3.19. The van der Waals surface area contributed by atoms with Gasteiger partial charge in [0.2, 0.25) is 5.96 Å². The van der Waals surface area contributed by atoms with Gasteiger partial charge in [0.05, 0.1) is 0 Å². The molecule has 0 amide bonds. The average Bonchev–Trinajstić information content (AvgIpc) is 2.83. The molecule has 0 atom stereocenters. The Balaban J connectivity index is 1.86. The van der Waals surface area contributed by atoms with Crippen LogP contribution in [0.1, 0.15) is 0 Å². The van der Waals surface area contributed by atoms with Crippen LogP contribution < -0.4 is 9.80 Å². The van der Waals surface area contributed by atoms with Crippen molar-refractivity contribution in [2.75, 3.05) is 22.9 Å². The number of guanidine groups is 1. The van der Waals surface area contributed by atoms with Gasteiger partial charge >= 0.3 is 0 Å². The average molecular weight is 237 g/mol. The summed E-state index contributed by atoms with van der Waals surface area (Å²) in [5, 5.41) is 8.29. The summed E-state index contributed by atoms with van der Waals surface area (Å²) in [4.78, 5) is 4.07. The number of rotatable bonds is 2. The second-order valence-electron chi connectivity index (χ2n) is 4.30. The number of nitrogens with zero attached hydrogens (tertiary/aromatic N) is 2. The minimum atomic E-state index is 0.549. The minimum absolute atomic E-state index is 0.549. The van der Waals surface area contributed by atoms with Crippen LogP contribution in [0.4, 0.5) is 11.4 Å². The Morgan fingerprint density at radius 1 is 0.667 bits per heavy atom. The lowest BCUT2D eigenvalue weighted by Crippen LogP contribution is -2.32. The van der Waals surface area contributed by atoms with Crippen molar-refractivity contribution in [3.8, 4) is 0 Å². The Kier molecular flexibility index (Phi) is 2.73. The van der Waals surface area contributed by atoms with Gasteiger partial charge in [0, 0.05) is 24.5 Å². The molecule has 1 fully saturated rings. The maximum atomic E-state index is 8.29. The number of nitrogens with one attached hydrogen (secondary N) is 1. The Labute approximate surface area is 107 Å². The standard InChI is InChI=1S/C15H15N3/c16-15-17(13-7-3-1-4-8-13)11-12-18(15)14-9-5-2-6-10-14/h1-10,16H,11-12H2. The van der Waals surface area contributed by atoms with Crippen LogP contribution in [0.2, 0.25) is 0 Å². The Bertz CT molecular complexity index is 487. The summed E-state index contributed by atoms with van der Waals surface area (Å²) >= 11 is 0. The number of hydrogen-bond donors (Lipinski definition) is 1. The number of benzene rings is 2. The van der Waals surface area contributed by atoms with E-state index in [4.69, 9.17) is 5.41 Å². The third kappa shape index (κ3) is 1.84. The highest BCUT2D eigenvalue weighted by atomic mass is 15.4. The molecule has 0 spiro atoms. The Morgan fingerprint density at radius 2 is 1.06 bits per heavy atom. The summed E-state index contributed by atoms with van der Waals surface area (Å²) < 4.78 is 0. The molecular formula is C15H15N3. The second-order valence-corrected chi connectivity index (χ2v) is 4.30. The van der Waals surface area contributed by atoms with Crippen LogP contribution in [0.15, 0.2) is 60.7 Å². The van der Waals surface area contributed by atoms with Gasteiger partial charge in [0.25, 0.3) is 0 Å². The van der Waals surface area contributed by atoms with E-state index >= 15 is 0 Å². The van der Waals surface area contributed by atoms with Crippen LogP contribution in [0.5, 0.6) is 0 Å². The van der Waals surface area contributed by atoms with Crippen molar-refractivity contribution in [3.05, 3.63) is 60.7 Å². The van der Waals surface area contributed by atoms with Gasteiger partial charge in [-0.3, -0.25) is 5.41 Å². The molecule has 0 bridgehead atoms. The molecule has 0 saturated carbocycles. The molecule has 0 aliphatic carbocycles. The van der Waals surface area contributed by atoms with E-state index in [0.29, 0.717) is 5.96 Å². The van der Waals surface area contributed by atoms with Crippen LogP contribution in [-0.4, -0.2) is 19.0 Å². The summed E-state index contributed by atoms with van der Waals surface area (Å²) in [6.45, 7) is 1.72. The van der Waals surface area contributed by atoms with E-state index < -0.39 is 0 Å². The van der Waals surface area contributed by atoms with E-state index in [1.165, 1.54) is 0 Å². The zero-order valence-corrected chi connectivity index (χ0v) is 10.1. The zero-order valence-electron chi connectivity index (χ0n) is 10.1. The lowest BCUT2D eigenvalue weighted by Gasteiger charge is -2.21. The van der Waals surface area contributed by atoms with E-state index in [1.54, 1.807) is 0 Å².